The van der Waals surface area contributed by atoms with Gasteiger partial charge in [-0.25, -0.2) is 8.78 Å². The number of nitrogens with zero attached hydrogens (tertiary/aromatic N) is 1. The monoisotopic (exact) mass is 393 g/mol. The number of fused-ring (bicyclic) bond motifs is 1. The van der Waals surface area contributed by atoms with Gasteiger partial charge in [0.25, 0.3) is 5.91 Å². The second-order valence-corrected chi connectivity index (χ2v) is 6.31. The number of halogens is 2. The maximum atomic E-state index is 13.8. The normalized spacial score (nSPS) is 10.9. The highest BCUT2D eigenvalue weighted by Gasteiger charge is 2.19. The van der Waals surface area contributed by atoms with Crippen LogP contribution < -0.4 is 10.1 Å². The molecule has 0 spiro atoms. The summed E-state index contributed by atoms with van der Waals surface area (Å²) in [7, 11) is 0. The van der Waals surface area contributed by atoms with E-state index >= 15 is 0 Å². The van der Waals surface area contributed by atoms with Crippen LogP contribution in [-0.4, -0.2) is 22.7 Å². The quantitative estimate of drug-likeness (QED) is 0.492. The molecule has 0 fully saturated rings. The van der Waals surface area contributed by atoms with Crippen LogP contribution in [0.1, 0.15) is 17.3 Å². The van der Waals surface area contributed by atoms with E-state index in [-0.39, 0.29) is 5.82 Å². The smallest absolute Gasteiger partial charge is 0.262 e. The summed E-state index contributed by atoms with van der Waals surface area (Å²) < 4.78 is 33.4. The molecule has 7 heteroatoms. The van der Waals surface area contributed by atoms with E-state index < -0.39 is 23.1 Å². The number of carbonyl (C=O) groups is 1. The number of H-pyrrole nitrogens is 1. The fourth-order valence-corrected chi connectivity index (χ4v) is 3.15. The Labute approximate surface area is 165 Å². The van der Waals surface area contributed by atoms with Crippen molar-refractivity contribution in [1.82, 2.24) is 10.2 Å². The van der Waals surface area contributed by atoms with Crippen LogP contribution in [-0.2, 0) is 0 Å². The van der Waals surface area contributed by atoms with Crippen LogP contribution in [0.5, 0.6) is 5.75 Å². The summed E-state index contributed by atoms with van der Waals surface area (Å²) >= 11 is 0. The van der Waals surface area contributed by atoms with Gasteiger partial charge in [0.05, 0.1) is 12.1 Å². The molecule has 1 amide bonds. The first-order chi connectivity index (χ1) is 14.1. The van der Waals surface area contributed by atoms with Gasteiger partial charge in [-0.1, -0.05) is 30.3 Å². The van der Waals surface area contributed by atoms with Crippen LogP contribution >= 0.6 is 0 Å². The number of hydrogen-bond donors (Lipinski definition) is 2. The van der Waals surface area contributed by atoms with Crippen molar-refractivity contribution in [3.8, 4) is 16.9 Å². The number of aromatic nitrogens is 2. The van der Waals surface area contributed by atoms with Crippen LogP contribution in [0.25, 0.3) is 22.0 Å². The van der Waals surface area contributed by atoms with Gasteiger partial charge in [0.2, 0.25) is 0 Å². The number of benzene rings is 3. The molecule has 0 saturated carbocycles. The lowest BCUT2D eigenvalue weighted by Gasteiger charge is -2.10. The summed E-state index contributed by atoms with van der Waals surface area (Å²) in [6, 6.07) is 16.5. The summed E-state index contributed by atoms with van der Waals surface area (Å²) in [5, 5.41) is 10.0. The number of hydrogen-bond acceptors (Lipinski definition) is 3. The largest absolute Gasteiger partial charge is 0.493 e. The standard InChI is InChI=1S/C22H17F2N3O2/c1-2-29-19-9-4-3-6-14(19)13-10-11-15-18(12-13)26-27-21(15)25-22(28)20-16(23)7-5-8-17(20)24/h3-12H,2H2,1H3,(H2,25,26,27,28). The molecule has 1 aromatic heterocycles. The fraction of sp³-hybridized carbons (Fsp3) is 0.0909. The third-order valence-corrected chi connectivity index (χ3v) is 4.48. The van der Waals surface area contributed by atoms with Gasteiger partial charge in [0, 0.05) is 10.9 Å². The number of amides is 1. The van der Waals surface area contributed by atoms with Crippen molar-refractivity contribution < 1.29 is 18.3 Å². The van der Waals surface area contributed by atoms with E-state index in [9.17, 15) is 13.6 Å². The maximum Gasteiger partial charge on any atom is 0.262 e. The maximum absolute atomic E-state index is 13.8. The molecule has 2 N–H and O–H groups in total. The predicted octanol–water partition coefficient (Wildman–Crippen LogP) is 5.16. The summed E-state index contributed by atoms with van der Waals surface area (Å²) in [5.41, 5.74) is 1.84. The Morgan fingerprint density at radius 1 is 1.07 bits per heavy atom. The third-order valence-electron chi connectivity index (χ3n) is 4.48. The van der Waals surface area contributed by atoms with Crippen molar-refractivity contribution in [2.45, 2.75) is 6.92 Å². The number of aromatic amines is 1. The van der Waals surface area contributed by atoms with Crippen LogP contribution in [0, 0.1) is 11.6 Å². The molecule has 0 aliphatic heterocycles. The Bertz CT molecular complexity index is 1180. The van der Waals surface area contributed by atoms with E-state index in [4.69, 9.17) is 4.74 Å². The molecule has 29 heavy (non-hydrogen) atoms. The predicted molar refractivity (Wildman–Crippen MR) is 107 cm³/mol. The van der Waals surface area contributed by atoms with Crippen LogP contribution in [0.4, 0.5) is 14.6 Å². The lowest BCUT2D eigenvalue weighted by molar-refractivity contribution is 0.101. The number of carbonyl (C=O) groups excluding carboxylic acids is 1. The molecule has 0 saturated heterocycles. The van der Waals surface area contributed by atoms with Gasteiger partial charge in [-0.15, -0.1) is 0 Å². The molecule has 0 bridgehead atoms. The van der Waals surface area contributed by atoms with Crippen molar-refractivity contribution in [1.29, 1.82) is 0 Å². The van der Waals surface area contributed by atoms with Gasteiger partial charge in [-0.2, -0.15) is 5.10 Å². The molecule has 3 aromatic carbocycles. The number of rotatable bonds is 5. The molecule has 146 valence electrons. The van der Waals surface area contributed by atoms with Crippen molar-refractivity contribution >= 4 is 22.6 Å². The number of ether oxygens (including phenoxy) is 1. The van der Waals surface area contributed by atoms with E-state index in [1.54, 1.807) is 6.07 Å². The topological polar surface area (TPSA) is 67.0 Å². The molecular formula is C22H17F2N3O2. The van der Waals surface area contributed by atoms with Crippen molar-refractivity contribution in [3.63, 3.8) is 0 Å². The average Bonchev–Trinajstić information content (AvgIpc) is 3.10. The number of para-hydroxylation sites is 1. The zero-order chi connectivity index (χ0) is 20.4. The zero-order valence-corrected chi connectivity index (χ0v) is 15.5. The summed E-state index contributed by atoms with van der Waals surface area (Å²) in [5.74, 6) is -1.82. The second kappa shape index (κ2) is 7.71. The minimum Gasteiger partial charge on any atom is -0.493 e. The first-order valence-electron chi connectivity index (χ1n) is 9.04. The molecule has 0 radical (unpaired) electrons. The highest BCUT2D eigenvalue weighted by Crippen LogP contribution is 2.33. The Morgan fingerprint density at radius 3 is 2.59 bits per heavy atom. The molecular weight excluding hydrogens is 376 g/mol. The zero-order valence-electron chi connectivity index (χ0n) is 15.5. The number of anilines is 1. The van der Waals surface area contributed by atoms with E-state index in [2.05, 4.69) is 15.5 Å². The minimum absolute atomic E-state index is 0.192. The third kappa shape index (κ3) is 3.54. The molecule has 4 rings (SSSR count). The van der Waals surface area contributed by atoms with Crippen molar-refractivity contribution in [2.24, 2.45) is 0 Å². The Hall–Kier alpha value is -3.74. The van der Waals surface area contributed by atoms with Crippen LogP contribution in [0.2, 0.25) is 0 Å². The van der Waals surface area contributed by atoms with E-state index in [0.29, 0.717) is 17.5 Å². The van der Waals surface area contributed by atoms with Gasteiger partial charge in [-0.3, -0.25) is 9.89 Å². The first kappa shape index (κ1) is 18.6. The molecule has 0 aliphatic rings. The lowest BCUT2D eigenvalue weighted by Crippen LogP contribution is -2.16. The van der Waals surface area contributed by atoms with E-state index in [0.717, 1.165) is 29.0 Å². The lowest BCUT2D eigenvalue weighted by atomic mass is 10.0. The van der Waals surface area contributed by atoms with E-state index in [1.165, 1.54) is 6.07 Å². The summed E-state index contributed by atoms with van der Waals surface area (Å²) in [6.45, 7) is 2.47. The molecule has 4 aromatic rings. The van der Waals surface area contributed by atoms with E-state index in [1.807, 2.05) is 43.3 Å². The van der Waals surface area contributed by atoms with Gasteiger partial charge in [0.15, 0.2) is 5.82 Å². The van der Waals surface area contributed by atoms with Crippen LogP contribution in [0.3, 0.4) is 0 Å². The first-order valence-corrected chi connectivity index (χ1v) is 9.04. The van der Waals surface area contributed by atoms with Crippen LogP contribution in [0.15, 0.2) is 60.7 Å². The minimum atomic E-state index is -0.933. The molecule has 0 unspecified atom stereocenters. The van der Waals surface area contributed by atoms with Gasteiger partial charge in [-0.05, 0) is 42.8 Å². The van der Waals surface area contributed by atoms with Gasteiger partial charge >= 0.3 is 0 Å². The second-order valence-electron chi connectivity index (χ2n) is 6.31. The van der Waals surface area contributed by atoms with Crippen molar-refractivity contribution in [2.75, 3.05) is 11.9 Å². The molecule has 1 heterocycles. The molecule has 0 aliphatic carbocycles. The summed E-state index contributed by atoms with van der Waals surface area (Å²) in [6.07, 6.45) is 0. The highest BCUT2D eigenvalue weighted by atomic mass is 19.1. The Kier molecular flexibility index (Phi) is 4.95. The van der Waals surface area contributed by atoms with Crippen molar-refractivity contribution in [3.05, 3.63) is 77.9 Å². The van der Waals surface area contributed by atoms with Gasteiger partial charge < -0.3 is 10.1 Å². The SMILES string of the molecule is CCOc1ccccc1-c1ccc2c(NC(=O)c3c(F)cccc3F)n[nH]c2c1. The average molecular weight is 393 g/mol. The highest BCUT2D eigenvalue weighted by molar-refractivity contribution is 6.08. The summed E-state index contributed by atoms with van der Waals surface area (Å²) in [4.78, 5) is 12.3. The fourth-order valence-electron chi connectivity index (χ4n) is 3.15. The molecule has 5 nitrogen and oxygen atoms in total. The Morgan fingerprint density at radius 2 is 1.83 bits per heavy atom. The number of nitrogens with one attached hydrogen (secondary N) is 2. The Balaban J connectivity index is 1.67. The van der Waals surface area contributed by atoms with Gasteiger partial charge in [0.1, 0.15) is 22.9 Å². The molecule has 0 atom stereocenters.